The molecule has 2 rings (SSSR count). The highest BCUT2D eigenvalue weighted by atomic mass is 32.2. The molecule has 17 heavy (non-hydrogen) atoms. The Labute approximate surface area is 101 Å². The minimum Gasteiger partial charge on any atom is -0.353 e. The Kier molecular flexibility index (Phi) is 3.46. The van der Waals surface area contributed by atoms with Crippen molar-refractivity contribution in [2.45, 2.75) is 18.3 Å². The summed E-state index contributed by atoms with van der Waals surface area (Å²) in [6.45, 7) is 2.37. The molecule has 1 saturated heterocycles. The van der Waals surface area contributed by atoms with Gasteiger partial charge in [-0.05, 0) is 18.6 Å². The highest BCUT2D eigenvalue weighted by molar-refractivity contribution is 8.00. The topological polar surface area (TPSA) is 29.0 Å². The van der Waals surface area contributed by atoms with E-state index < -0.39 is 11.4 Å². The Morgan fingerprint density at radius 3 is 2.88 bits per heavy atom. The first-order valence-electron chi connectivity index (χ1n) is 5.19. The van der Waals surface area contributed by atoms with Crippen molar-refractivity contribution in [3.63, 3.8) is 0 Å². The van der Waals surface area contributed by atoms with Gasteiger partial charge in [-0.2, -0.15) is 18.3 Å². The molecule has 0 bridgehead atoms. The first kappa shape index (κ1) is 12.5. The van der Waals surface area contributed by atoms with Crippen LogP contribution in [-0.4, -0.2) is 40.5 Å². The van der Waals surface area contributed by atoms with E-state index in [0.29, 0.717) is 18.1 Å². The van der Waals surface area contributed by atoms with Crippen molar-refractivity contribution < 1.29 is 13.2 Å². The van der Waals surface area contributed by atoms with E-state index in [1.807, 2.05) is 6.92 Å². The van der Waals surface area contributed by atoms with Gasteiger partial charge in [-0.15, -0.1) is 16.9 Å². The predicted molar refractivity (Wildman–Crippen MR) is 61.3 cm³/mol. The second-order valence-corrected chi connectivity index (χ2v) is 5.25. The summed E-state index contributed by atoms with van der Waals surface area (Å²) in [4.78, 5) is 1.65. The lowest BCUT2D eigenvalue weighted by molar-refractivity contribution is -0.127. The molecule has 2 heterocycles. The second kappa shape index (κ2) is 4.72. The minimum absolute atomic E-state index is 0.0493. The Morgan fingerprint density at radius 2 is 2.24 bits per heavy atom. The summed E-state index contributed by atoms with van der Waals surface area (Å²) in [5, 5.41) is 6.31. The maximum absolute atomic E-state index is 12.6. The van der Waals surface area contributed by atoms with Crippen LogP contribution in [0.4, 0.5) is 19.0 Å². The lowest BCUT2D eigenvalue weighted by atomic mass is 10.3. The van der Waals surface area contributed by atoms with Crippen LogP contribution in [0.3, 0.4) is 0 Å². The minimum atomic E-state index is -4.15. The van der Waals surface area contributed by atoms with Crippen LogP contribution < -0.4 is 4.90 Å². The molecule has 0 spiro atoms. The third kappa shape index (κ3) is 3.02. The lowest BCUT2D eigenvalue weighted by Crippen LogP contribution is -2.45. The molecule has 1 aromatic heterocycles. The van der Waals surface area contributed by atoms with Crippen LogP contribution in [0.5, 0.6) is 0 Å². The molecule has 1 fully saturated rings. The number of hydrogen-bond donors (Lipinski definition) is 0. The predicted octanol–water partition coefficient (Wildman–Crippen LogP) is 2.27. The maximum atomic E-state index is 12.6. The number of thioether (sulfide) groups is 1. The van der Waals surface area contributed by atoms with Gasteiger partial charge in [0.05, 0.1) is 6.20 Å². The van der Waals surface area contributed by atoms with Gasteiger partial charge in [0.2, 0.25) is 0 Å². The number of rotatable bonds is 1. The molecule has 0 amide bonds. The Bertz CT molecular complexity index is 397. The van der Waals surface area contributed by atoms with Crippen LogP contribution in [0.1, 0.15) is 5.56 Å². The summed E-state index contributed by atoms with van der Waals surface area (Å²) >= 11 is 0.958. The molecule has 0 N–H and O–H groups in total. The third-order valence-corrected chi connectivity index (χ3v) is 3.77. The van der Waals surface area contributed by atoms with Gasteiger partial charge in [0.1, 0.15) is 5.25 Å². The normalized spacial score (nSPS) is 21.6. The Morgan fingerprint density at radius 1 is 1.47 bits per heavy atom. The number of halogens is 3. The van der Waals surface area contributed by atoms with Crippen molar-refractivity contribution in [3.05, 3.63) is 17.8 Å². The van der Waals surface area contributed by atoms with E-state index in [-0.39, 0.29) is 6.54 Å². The van der Waals surface area contributed by atoms with Gasteiger partial charge >= 0.3 is 6.18 Å². The quantitative estimate of drug-likeness (QED) is 0.777. The molecule has 1 unspecified atom stereocenters. The smallest absolute Gasteiger partial charge is 0.353 e. The molecule has 0 saturated carbocycles. The number of alkyl halides is 3. The first-order valence-corrected chi connectivity index (χ1v) is 6.24. The van der Waals surface area contributed by atoms with Crippen molar-refractivity contribution in [3.8, 4) is 0 Å². The van der Waals surface area contributed by atoms with E-state index in [1.54, 1.807) is 17.2 Å². The summed E-state index contributed by atoms with van der Waals surface area (Å²) in [7, 11) is 0. The van der Waals surface area contributed by atoms with E-state index >= 15 is 0 Å². The summed E-state index contributed by atoms with van der Waals surface area (Å²) < 4.78 is 37.9. The summed E-state index contributed by atoms with van der Waals surface area (Å²) in [6, 6.07) is 1.76. The monoisotopic (exact) mass is 263 g/mol. The van der Waals surface area contributed by atoms with Crippen molar-refractivity contribution in [2.75, 3.05) is 23.7 Å². The van der Waals surface area contributed by atoms with E-state index in [2.05, 4.69) is 10.2 Å². The summed E-state index contributed by atoms with van der Waals surface area (Å²) in [5.41, 5.74) is 0.900. The van der Waals surface area contributed by atoms with Gasteiger partial charge < -0.3 is 4.90 Å². The van der Waals surface area contributed by atoms with Gasteiger partial charge in [-0.25, -0.2) is 0 Å². The van der Waals surface area contributed by atoms with E-state index in [9.17, 15) is 13.2 Å². The molecule has 0 radical (unpaired) electrons. The molecule has 7 heteroatoms. The van der Waals surface area contributed by atoms with Crippen molar-refractivity contribution in [1.82, 2.24) is 10.2 Å². The number of hydrogen-bond acceptors (Lipinski definition) is 4. The molecule has 0 aromatic carbocycles. The van der Waals surface area contributed by atoms with Gasteiger partial charge in [0.25, 0.3) is 0 Å². The van der Waals surface area contributed by atoms with Crippen molar-refractivity contribution in [2.24, 2.45) is 0 Å². The van der Waals surface area contributed by atoms with Crippen LogP contribution in [0.15, 0.2) is 12.3 Å². The Balaban J connectivity index is 2.12. The van der Waals surface area contributed by atoms with Gasteiger partial charge in [-0.3, -0.25) is 0 Å². The second-order valence-electron chi connectivity index (χ2n) is 3.94. The third-order valence-electron chi connectivity index (χ3n) is 2.53. The van der Waals surface area contributed by atoms with Crippen LogP contribution in [-0.2, 0) is 0 Å². The van der Waals surface area contributed by atoms with E-state index in [0.717, 1.165) is 17.3 Å². The van der Waals surface area contributed by atoms with E-state index in [1.165, 1.54) is 0 Å². The standard InChI is InChI=1S/C10H12F3N3S/c1-7-4-9(15-14-5-7)16-2-3-17-8(6-16)10(11,12)13/h4-5,8H,2-3,6H2,1H3. The number of anilines is 1. The van der Waals surface area contributed by atoms with Crippen LogP contribution >= 0.6 is 11.8 Å². The van der Waals surface area contributed by atoms with Crippen LogP contribution in [0, 0.1) is 6.92 Å². The zero-order valence-electron chi connectivity index (χ0n) is 9.24. The number of aromatic nitrogens is 2. The average molecular weight is 263 g/mol. The Hall–Kier alpha value is -0.980. The number of nitrogens with zero attached hydrogens (tertiary/aromatic N) is 3. The maximum Gasteiger partial charge on any atom is 0.402 e. The molecule has 0 aliphatic carbocycles. The fourth-order valence-corrected chi connectivity index (χ4v) is 2.74. The van der Waals surface area contributed by atoms with Gasteiger partial charge in [0, 0.05) is 18.8 Å². The van der Waals surface area contributed by atoms with Crippen molar-refractivity contribution >= 4 is 17.6 Å². The van der Waals surface area contributed by atoms with Gasteiger partial charge in [0.15, 0.2) is 5.82 Å². The summed E-state index contributed by atoms with van der Waals surface area (Å²) in [5.74, 6) is 0.985. The zero-order chi connectivity index (χ0) is 12.5. The van der Waals surface area contributed by atoms with Crippen LogP contribution in [0.25, 0.3) is 0 Å². The van der Waals surface area contributed by atoms with Gasteiger partial charge in [-0.1, -0.05) is 0 Å². The highest BCUT2D eigenvalue weighted by Crippen LogP contribution is 2.34. The average Bonchev–Trinajstić information content (AvgIpc) is 2.28. The van der Waals surface area contributed by atoms with Crippen LogP contribution in [0.2, 0.25) is 0 Å². The fourth-order valence-electron chi connectivity index (χ4n) is 1.66. The van der Waals surface area contributed by atoms with Crippen molar-refractivity contribution in [1.29, 1.82) is 0 Å². The summed E-state index contributed by atoms with van der Waals surface area (Å²) in [6.07, 6.45) is -2.57. The molecule has 1 aliphatic rings. The molecular formula is C10H12F3N3S. The zero-order valence-corrected chi connectivity index (χ0v) is 10.1. The fraction of sp³-hybridized carbons (Fsp3) is 0.600. The SMILES string of the molecule is Cc1cnnc(N2CCSC(C(F)(F)F)C2)c1. The molecule has 94 valence electrons. The lowest BCUT2D eigenvalue weighted by Gasteiger charge is -2.33. The molecular weight excluding hydrogens is 251 g/mol. The van der Waals surface area contributed by atoms with E-state index in [4.69, 9.17) is 0 Å². The molecule has 1 aliphatic heterocycles. The molecule has 3 nitrogen and oxygen atoms in total. The molecule has 1 atom stereocenters. The molecule has 1 aromatic rings. The highest BCUT2D eigenvalue weighted by Gasteiger charge is 2.42. The largest absolute Gasteiger partial charge is 0.402 e. The first-order chi connectivity index (χ1) is 7.97. The number of aryl methyl sites for hydroxylation is 1.